The second kappa shape index (κ2) is 5.81. The van der Waals surface area contributed by atoms with Crippen molar-refractivity contribution in [3.05, 3.63) is 23.8 Å². The number of para-hydroxylation sites is 1. The molecule has 1 fully saturated rings. The Balaban J connectivity index is 2.46. The lowest BCUT2D eigenvalue weighted by molar-refractivity contribution is -0.144. The average molecular weight is 279 g/mol. The van der Waals surface area contributed by atoms with E-state index in [1.54, 1.807) is 18.2 Å². The minimum atomic E-state index is -0.931. The summed E-state index contributed by atoms with van der Waals surface area (Å²) in [6.45, 7) is 0.124. The fourth-order valence-corrected chi connectivity index (χ4v) is 2.57. The lowest BCUT2D eigenvalue weighted by Crippen LogP contribution is -2.43. The average Bonchev–Trinajstić information content (AvgIpc) is 2.45. The molecule has 0 bridgehead atoms. The highest BCUT2D eigenvalue weighted by molar-refractivity contribution is 5.82. The van der Waals surface area contributed by atoms with Crippen LogP contribution in [0.3, 0.4) is 0 Å². The summed E-state index contributed by atoms with van der Waals surface area (Å²) in [4.78, 5) is 23.0. The van der Waals surface area contributed by atoms with Gasteiger partial charge in [-0.1, -0.05) is 12.1 Å². The van der Waals surface area contributed by atoms with Crippen LogP contribution in [-0.4, -0.2) is 37.7 Å². The molecule has 2 unspecified atom stereocenters. The van der Waals surface area contributed by atoms with Crippen molar-refractivity contribution < 1.29 is 24.2 Å². The first-order valence-corrected chi connectivity index (χ1v) is 6.28. The number of carboxylic acid groups (broad SMARTS) is 1. The van der Waals surface area contributed by atoms with Crippen molar-refractivity contribution in [3.63, 3.8) is 0 Å². The molecule has 6 heteroatoms. The topological polar surface area (TPSA) is 84.9 Å². The lowest BCUT2D eigenvalue weighted by Gasteiger charge is -2.30. The maximum atomic E-state index is 11.6. The van der Waals surface area contributed by atoms with E-state index in [9.17, 15) is 14.7 Å². The predicted octanol–water partition coefficient (Wildman–Crippen LogP) is 1.01. The molecule has 1 aliphatic heterocycles. The number of amides is 1. The highest BCUT2D eigenvalue weighted by Crippen LogP contribution is 2.41. The minimum Gasteiger partial charge on any atom is -0.493 e. The molecule has 0 spiro atoms. The number of carbonyl (C=O) groups excluding carboxylic acids is 1. The molecular weight excluding hydrogens is 262 g/mol. The van der Waals surface area contributed by atoms with Crippen LogP contribution in [0.5, 0.6) is 11.5 Å². The molecule has 1 saturated heterocycles. The van der Waals surface area contributed by atoms with Crippen molar-refractivity contribution in [2.24, 2.45) is 5.92 Å². The van der Waals surface area contributed by atoms with Crippen LogP contribution in [0.1, 0.15) is 17.9 Å². The summed E-state index contributed by atoms with van der Waals surface area (Å²) in [6, 6.07) is 5.28. The molecule has 0 saturated carbocycles. The molecule has 0 aromatic heterocycles. The monoisotopic (exact) mass is 279 g/mol. The van der Waals surface area contributed by atoms with E-state index >= 15 is 0 Å². The Bertz CT molecular complexity index is 528. The largest absolute Gasteiger partial charge is 0.493 e. The highest BCUT2D eigenvalue weighted by Gasteiger charge is 2.37. The number of hydrogen-bond donors (Lipinski definition) is 2. The lowest BCUT2D eigenvalue weighted by atomic mass is 9.80. The fourth-order valence-electron chi connectivity index (χ4n) is 2.57. The van der Waals surface area contributed by atoms with Gasteiger partial charge in [-0.3, -0.25) is 9.59 Å². The molecule has 6 nitrogen and oxygen atoms in total. The number of aliphatic carboxylic acids is 1. The van der Waals surface area contributed by atoms with Crippen molar-refractivity contribution >= 4 is 11.9 Å². The van der Waals surface area contributed by atoms with Gasteiger partial charge >= 0.3 is 5.97 Å². The molecule has 1 aromatic rings. The minimum absolute atomic E-state index is 0.124. The number of benzene rings is 1. The van der Waals surface area contributed by atoms with Gasteiger partial charge in [0.2, 0.25) is 5.91 Å². The number of hydrogen-bond acceptors (Lipinski definition) is 4. The number of nitrogens with one attached hydrogen (secondary N) is 1. The third-order valence-electron chi connectivity index (χ3n) is 3.56. The van der Waals surface area contributed by atoms with Crippen molar-refractivity contribution in [1.29, 1.82) is 0 Å². The zero-order chi connectivity index (χ0) is 14.7. The van der Waals surface area contributed by atoms with Gasteiger partial charge < -0.3 is 19.9 Å². The van der Waals surface area contributed by atoms with E-state index in [2.05, 4.69) is 5.32 Å². The second-order valence-corrected chi connectivity index (χ2v) is 4.64. The smallest absolute Gasteiger partial charge is 0.308 e. The van der Waals surface area contributed by atoms with Crippen LogP contribution in [-0.2, 0) is 9.59 Å². The number of carbonyl (C=O) groups is 2. The molecule has 1 heterocycles. The van der Waals surface area contributed by atoms with Gasteiger partial charge in [0.05, 0.1) is 20.1 Å². The Morgan fingerprint density at radius 3 is 2.70 bits per heavy atom. The Kier molecular flexibility index (Phi) is 4.12. The summed E-state index contributed by atoms with van der Waals surface area (Å²) in [6.07, 6.45) is 0.125. The number of carboxylic acids is 1. The Labute approximate surface area is 116 Å². The normalized spacial score (nSPS) is 22.0. The predicted molar refractivity (Wildman–Crippen MR) is 71.0 cm³/mol. The molecule has 2 rings (SSSR count). The van der Waals surface area contributed by atoms with Crippen molar-refractivity contribution in [2.45, 2.75) is 12.3 Å². The molecule has 1 aromatic carbocycles. The van der Waals surface area contributed by atoms with Crippen LogP contribution in [0.15, 0.2) is 18.2 Å². The molecule has 20 heavy (non-hydrogen) atoms. The summed E-state index contributed by atoms with van der Waals surface area (Å²) in [5.41, 5.74) is 0.689. The van der Waals surface area contributed by atoms with Crippen LogP contribution in [0.25, 0.3) is 0 Å². The Morgan fingerprint density at radius 2 is 2.10 bits per heavy atom. The number of methoxy groups -OCH3 is 2. The summed E-state index contributed by atoms with van der Waals surface area (Å²) < 4.78 is 10.6. The van der Waals surface area contributed by atoms with E-state index in [4.69, 9.17) is 9.47 Å². The fraction of sp³-hybridized carbons (Fsp3) is 0.429. The van der Waals surface area contributed by atoms with E-state index in [-0.39, 0.29) is 18.9 Å². The number of rotatable bonds is 4. The zero-order valence-electron chi connectivity index (χ0n) is 11.4. The van der Waals surface area contributed by atoms with E-state index in [1.807, 2.05) is 0 Å². The van der Waals surface area contributed by atoms with Gasteiger partial charge in [0, 0.05) is 24.4 Å². The first kappa shape index (κ1) is 14.2. The van der Waals surface area contributed by atoms with Gasteiger partial charge in [-0.2, -0.15) is 0 Å². The highest BCUT2D eigenvalue weighted by atomic mass is 16.5. The van der Waals surface area contributed by atoms with Crippen LogP contribution < -0.4 is 14.8 Å². The Morgan fingerprint density at radius 1 is 1.35 bits per heavy atom. The van der Waals surface area contributed by atoms with Gasteiger partial charge in [0.1, 0.15) is 0 Å². The van der Waals surface area contributed by atoms with E-state index < -0.39 is 17.8 Å². The van der Waals surface area contributed by atoms with Crippen molar-refractivity contribution in [3.8, 4) is 11.5 Å². The van der Waals surface area contributed by atoms with Gasteiger partial charge in [0.25, 0.3) is 0 Å². The second-order valence-electron chi connectivity index (χ2n) is 4.64. The molecule has 2 N–H and O–H groups in total. The molecule has 0 aliphatic carbocycles. The maximum absolute atomic E-state index is 11.6. The standard InChI is InChI=1S/C14H17NO5/c1-19-11-5-3-4-8(13(11)20-2)9-6-12(16)15-7-10(9)14(17)18/h3-5,9-10H,6-7H2,1-2H3,(H,15,16)(H,17,18). The van der Waals surface area contributed by atoms with E-state index in [0.717, 1.165) is 0 Å². The maximum Gasteiger partial charge on any atom is 0.308 e. The Hall–Kier alpha value is -2.24. The molecular formula is C14H17NO5. The molecule has 1 aliphatic rings. The quantitative estimate of drug-likeness (QED) is 0.859. The van der Waals surface area contributed by atoms with Crippen LogP contribution in [0.4, 0.5) is 0 Å². The first-order chi connectivity index (χ1) is 9.58. The van der Waals surface area contributed by atoms with Crippen LogP contribution >= 0.6 is 0 Å². The summed E-state index contributed by atoms with van der Waals surface area (Å²) in [5, 5.41) is 11.9. The summed E-state index contributed by atoms with van der Waals surface area (Å²) in [5.74, 6) is -1.17. The third-order valence-corrected chi connectivity index (χ3v) is 3.56. The number of piperidine rings is 1. The van der Waals surface area contributed by atoms with Crippen molar-refractivity contribution in [2.75, 3.05) is 20.8 Å². The zero-order valence-corrected chi connectivity index (χ0v) is 11.4. The van der Waals surface area contributed by atoms with E-state index in [0.29, 0.717) is 17.1 Å². The summed E-state index contributed by atoms with van der Waals surface area (Å²) in [7, 11) is 3.02. The number of ether oxygens (including phenoxy) is 2. The van der Waals surface area contributed by atoms with Crippen molar-refractivity contribution in [1.82, 2.24) is 5.32 Å². The van der Waals surface area contributed by atoms with Gasteiger partial charge in [-0.25, -0.2) is 0 Å². The third kappa shape index (κ3) is 2.54. The van der Waals surface area contributed by atoms with Crippen LogP contribution in [0.2, 0.25) is 0 Å². The van der Waals surface area contributed by atoms with Gasteiger partial charge in [-0.05, 0) is 6.07 Å². The van der Waals surface area contributed by atoms with E-state index in [1.165, 1.54) is 14.2 Å². The first-order valence-electron chi connectivity index (χ1n) is 6.28. The molecule has 0 radical (unpaired) electrons. The molecule has 1 amide bonds. The van der Waals surface area contributed by atoms with Crippen LogP contribution in [0, 0.1) is 5.92 Å². The van der Waals surface area contributed by atoms with Gasteiger partial charge in [-0.15, -0.1) is 0 Å². The van der Waals surface area contributed by atoms with Gasteiger partial charge in [0.15, 0.2) is 11.5 Å². The molecule has 2 atom stereocenters. The summed E-state index contributed by atoms with van der Waals surface area (Å²) >= 11 is 0. The SMILES string of the molecule is COc1cccc(C2CC(=O)NCC2C(=O)O)c1OC. The molecule has 108 valence electrons.